The third-order valence-corrected chi connectivity index (χ3v) is 5.52. The average molecular weight is 521 g/mol. The Bertz CT molecular complexity index is 1310. The van der Waals surface area contributed by atoms with Gasteiger partial charge in [-0.15, -0.1) is 0 Å². The predicted molar refractivity (Wildman–Crippen MR) is 145 cm³/mol. The van der Waals surface area contributed by atoms with Crippen LogP contribution in [0.5, 0.6) is 11.5 Å². The number of carbonyl (C=O) groups is 2. The van der Waals surface area contributed by atoms with Gasteiger partial charge in [-0.1, -0.05) is 18.6 Å². The number of aliphatic carboxylic acids is 1. The Morgan fingerprint density at radius 1 is 1.05 bits per heavy atom. The Morgan fingerprint density at radius 3 is 2.42 bits per heavy atom. The lowest BCUT2D eigenvalue weighted by molar-refractivity contribution is -0.139. The number of amidine groups is 1. The van der Waals surface area contributed by atoms with Crippen LogP contribution in [0.3, 0.4) is 0 Å². The third-order valence-electron chi connectivity index (χ3n) is 5.52. The lowest BCUT2D eigenvalue weighted by Gasteiger charge is -2.19. The zero-order chi connectivity index (χ0) is 27.7. The number of amides is 1. The molecule has 0 heterocycles. The SMILES string of the molecule is CCCOc1cc(CO)cc(CNc2ccc(C)cc2C(=O)Nc2ccc(C(=N)N)cc2)c1OCC(=O)O. The Balaban J connectivity index is 1.88. The molecule has 200 valence electrons. The van der Waals surface area contributed by atoms with Crippen LogP contribution in [0.1, 0.15) is 46.0 Å². The first-order valence-corrected chi connectivity index (χ1v) is 12.1. The van der Waals surface area contributed by atoms with E-state index < -0.39 is 12.6 Å². The molecule has 0 atom stereocenters. The number of rotatable bonds is 13. The van der Waals surface area contributed by atoms with Crippen LogP contribution in [0, 0.1) is 12.3 Å². The highest BCUT2D eigenvalue weighted by Gasteiger charge is 2.18. The van der Waals surface area contributed by atoms with Crippen molar-refractivity contribution in [2.75, 3.05) is 23.8 Å². The molecule has 0 aliphatic carbocycles. The van der Waals surface area contributed by atoms with Crippen LogP contribution in [0.2, 0.25) is 0 Å². The molecule has 0 radical (unpaired) electrons. The van der Waals surface area contributed by atoms with Crippen LogP contribution in [0.4, 0.5) is 11.4 Å². The molecule has 3 aromatic rings. The summed E-state index contributed by atoms with van der Waals surface area (Å²) in [5, 5.41) is 32.5. The van der Waals surface area contributed by atoms with Crippen LogP contribution in [-0.4, -0.2) is 41.1 Å². The lowest BCUT2D eigenvalue weighted by Crippen LogP contribution is -2.16. The molecule has 0 saturated carbocycles. The summed E-state index contributed by atoms with van der Waals surface area (Å²) in [6.45, 7) is 3.58. The first-order valence-electron chi connectivity index (χ1n) is 12.1. The topological polar surface area (TPSA) is 167 Å². The van der Waals surface area contributed by atoms with E-state index in [1.54, 1.807) is 48.5 Å². The number of nitrogens with two attached hydrogens (primary N) is 1. The maximum Gasteiger partial charge on any atom is 0.341 e. The van der Waals surface area contributed by atoms with Gasteiger partial charge in [0, 0.05) is 29.0 Å². The van der Waals surface area contributed by atoms with E-state index >= 15 is 0 Å². The van der Waals surface area contributed by atoms with Gasteiger partial charge in [-0.25, -0.2) is 4.79 Å². The minimum Gasteiger partial charge on any atom is -0.490 e. The van der Waals surface area contributed by atoms with Gasteiger partial charge in [0.1, 0.15) is 5.84 Å². The van der Waals surface area contributed by atoms with Crippen molar-refractivity contribution in [3.8, 4) is 11.5 Å². The summed E-state index contributed by atoms with van der Waals surface area (Å²) in [4.78, 5) is 24.4. The van der Waals surface area contributed by atoms with Crippen molar-refractivity contribution in [2.45, 2.75) is 33.4 Å². The molecule has 0 aliphatic rings. The number of aliphatic hydroxyl groups excluding tert-OH is 1. The molecule has 0 spiro atoms. The van der Waals surface area contributed by atoms with Crippen molar-refractivity contribution in [1.29, 1.82) is 5.41 Å². The monoisotopic (exact) mass is 520 g/mol. The van der Waals surface area contributed by atoms with Crippen molar-refractivity contribution in [3.05, 3.63) is 82.4 Å². The van der Waals surface area contributed by atoms with E-state index in [-0.39, 0.29) is 30.6 Å². The molecular formula is C28H32N4O6. The van der Waals surface area contributed by atoms with E-state index in [9.17, 15) is 14.7 Å². The molecule has 0 aromatic heterocycles. The van der Waals surface area contributed by atoms with E-state index in [1.807, 2.05) is 19.9 Å². The summed E-state index contributed by atoms with van der Waals surface area (Å²) in [6.07, 6.45) is 0.731. The predicted octanol–water partition coefficient (Wildman–Crippen LogP) is 3.89. The minimum atomic E-state index is -1.13. The van der Waals surface area contributed by atoms with Gasteiger partial charge in [0.25, 0.3) is 5.91 Å². The smallest absolute Gasteiger partial charge is 0.341 e. The number of carbonyl (C=O) groups excluding carboxylic acids is 1. The maximum atomic E-state index is 13.2. The van der Waals surface area contributed by atoms with Crippen LogP contribution in [0.15, 0.2) is 54.6 Å². The van der Waals surface area contributed by atoms with Gasteiger partial charge in [-0.3, -0.25) is 10.2 Å². The second kappa shape index (κ2) is 13.1. The van der Waals surface area contributed by atoms with E-state index in [2.05, 4.69) is 10.6 Å². The van der Waals surface area contributed by atoms with Gasteiger partial charge in [0.2, 0.25) is 0 Å². The summed E-state index contributed by atoms with van der Waals surface area (Å²) in [7, 11) is 0. The fraction of sp³-hybridized carbons (Fsp3) is 0.250. The zero-order valence-electron chi connectivity index (χ0n) is 21.3. The molecule has 0 fully saturated rings. The largest absolute Gasteiger partial charge is 0.490 e. The number of benzene rings is 3. The van der Waals surface area contributed by atoms with Gasteiger partial charge in [0.15, 0.2) is 18.1 Å². The van der Waals surface area contributed by atoms with Gasteiger partial charge in [0.05, 0.1) is 18.8 Å². The van der Waals surface area contributed by atoms with Crippen LogP contribution < -0.4 is 25.8 Å². The van der Waals surface area contributed by atoms with Crippen molar-refractivity contribution in [2.24, 2.45) is 5.73 Å². The maximum absolute atomic E-state index is 13.2. The molecule has 0 saturated heterocycles. The molecular weight excluding hydrogens is 488 g/mol. The first-order chi connectivity index (χ1) is 18.2. The lowest BCUT2D eigenvalue weighted by atomic mass is 10.1. The third kappa shape index (κ3) is 7.47. The molecule has 0 aliphatic heterocycles. The number of carboxylic acids is 1. The minimum absolute atomic E-state index is 0.0618. The second-order valence-electron chi connectivity index (χ2n) is 8.62. The number of nitrogens with one attached hydrogen (secondary N) is 3. The average Bonchev–Trinajstić information content (AvgIpc) is 2.90. The molecule has 7 N–H and O–H groups in total. The van der Waals surface area contributed by atoms with Crippen LogP contribution >= 0.6 is 0 Å². The normalized spacial score (nSPS) is 10.5. The van der Waals surface area contributed by atoms with E-state index in [1.165, 1.54) is 0 Å². The molecule has 3 rings (SSSR count). The fourth-order valence-electron chi connectivity index (χ4n) is 3.68. The van der Waals surface area contributed by atoms with Gasteiger partial charge >= 0.3 is 5.97 Å². The van der Waals surface area contributed by atoms with Gasteiger partial charge < -0.3 is 36.1 Å². The Labute approximate surface area is 220 Å². The number of aryl methyl sites for hydroxylation is 1. The van der Waals surface area contributed by atoms with Crippen molar-refractivity contribution >= 4 is 29.1 Å². The Kier molecular flexibility index (Phi) is 9.66. The molecule has 0 unspecified atom stereocenters. The molecule has 10 heteroatoms. The summed E-state index contributed by atoms with van der Waals surface area (Å²) in [5.41, 5.74) is 9.56. The number of aliphatic hydroxyl groups is 1. The van der Waals surface area contributed by atoms with E-state index in [0.29, 0.717) is 46.0 Å². The number of hydrogen-bond donors (Lipinski definition) is 6. The number of carboxylic acid groups (broad SMARTS) is 1. The summed E-state index contributed by atoms with van der Waals surface area (Å²) >= 11 is 0. The first kappa shape index (κ1) is 28.0. The second-order valence-corrected chi connectivity index (χ2v) is 8.62. The summed E-state index contributed by atoms with van der Waals surface area (Å²) in [5.74, 6) is -0.939. The highest BCUT2D eigenvalue weighted by Crippen LogP contribution is 2.34. The van der Waals surface area contributed by atoms with Crippen LogP contribution in [-0.2, 0) is 17.9 Å². The van der Waals surface area contributed by atoms with Gasteiger partial charge in [-0.05, 0) is 67.4 Å². The molecule has 3 aromatic carbocycles. The highest BCUT2D eigenvalue weighted by molar-refractivity contribution is 6.08. The molecule has 38 heavy (non-hydrogen) atoms. The zero-order valence-corrected chi connectivity index (χ0v) is 21.3. The molecule has 1 amide bonds. The number of ether oxygens (including phenoxy) is 2. The number of anilines is 2. The quantitative estimate of drug-likeness (QED) is 0.146. The Morgan fingerprint density at radius 2 is 1.79 bits per heavy atom. The molecule has 10 nitrogen and oxygen atoms in total. The van der Waals surface area contributed by atoms with Crippen molar-refractivity contribution in [3.63, 3.8) is 0 Å². The van der Waals surface area contributed by atoms with Crippen molar-refractivity contribution in [1.82, 2.24) is 0 Å². The standard InChI is InChI=1S/C28H32N4O6/c1-3-10-37-24-13-18(15-33)12-20(26(24)38-16-25(34)35)14-31-23-9-4-17(2)11-22(23)28(36)32-21-7-5-19(6-8-21)27(29)30/h4-9,11-13,31,33H,3,10,14-16H2,1-2H3,(H3,29,30)(H,32,36)(H,34,35). The number of nitrogen functional groups attached to an aromatic ring is 1. The highest BCUT2D eigenvalue weighted by atomic mass is 16.5. The van der Waals surface area contributed by atoms with Gasteiger partial charge in [-0.2, -0.15) is 0 Å². The summed E-state index contributed by atoms with van der Waals surface area (Å²) in [6, 6.07) is 15.4. The molecule has 0 bridgehead atoms. The van der Waals surface area contributed by atoms with E-state index in [4.69, 9.17) is 25.7 Å². The van der Waals surface area contributed by atoms with Crippen molar-refractivity contribution < 1.29 is 29.3 Å². The Hall–Kier alpha value is -4.57. The summed E-state index contributed by atoms with van der Waals surface area (Å²) < 4.78 is 11.3. The number of hydrogen-bond acceptors (Lipinski definition) is 7. The fourth-order valence-corrected chi connectivity index (χ4v) is 3.68. The van der Waals surface area contributed by atoms with Crippen LogP contribution in [0.25, 0.3) is 0 Å². The van der Waals surface area contributed by atoms with E-state index in [0.717, 1.165) is 12.0 Å².